The van der Waals surface area contributed by atoms with Crippen molar-refractivity contribution < 1.29 is 23.8 Å². The Bertz CT molecular complexity index is 560. The van der Waals surface area contributed by atoms with E-state index in [9.17, 15) is 9.59 Å². The van der Waals surface area contributed by atoms with E-state index in [4.69, 9.17) is 20.6 Å². The SMILES string of the molecule is C#CCOCC1CN(c2ccc(OC(C)=O)cc2)C(=O)O1. The zero-order valence-electron chi connectivity index (χ0n) is 11.6. The summed E-state index contributed by atoms with van der Waals surface area (Å²) in [5.41, 5.74) is 0.662. The molecule has 0 aliphatic carbocycles. The van der Waals surface area contributed by atoms with Gasteiger partial charge in [-0.2, -0.15) is 0 Å². The van der Waals surface area contributed by atoms with Crippen molar-refractivity contribution in [2.75, 3.05) is 24.7 Å². The van der Waals surface area contributed by atoms with E-state index in [-0.39, 0.29) is 19.3 Å². The van der Waals surface area contributed by atoms with Crippen LogP contribution in [0.3, 0.4) is 0 Å². The summed E-state index contributed by atoms with van der Waals surface area (Å²) in [6, 6.07) is 6.60. The van der Waals surface area contributed by atoms with Gasteiger partial charge in [0.1, 0.15) is 18.5 Å². The number of nitrogens with zero attached hydrogens (tertiary/aromatic N) is 1. The second-order valence-electron chi connectivity index (χ2n) is 4.42. The Morgan fingerprint density at radius 1 is 1.48 bits per heavy atom. The van der Waals surface area contributed by atoms with Crippen LogP contribution in [0.25, 0.3) is 0 Å². The van der Waals surface area contributed by atoms with Gasteiger partial charge >= 0.3 is 12.1 Å². The third-order valence-corrected chi connectivity index (χ3v) is 2.77. The van der Waals surface area contributed by atoms with Crippen LogP contribution in [0.5, 0.6) is 5.75 Å². The van der Waals surface area contributed by atoms with E-state index in [0.717, 1.165) is 0 Å². The van der Waals surface area contributed by atoms with E-state index in [1.165, 1.54) is 11.8 Å². The summed E-state index contributed by atoms with van der Waals surface area (Å²) in [4.78, 5) is 24.1. The van der Waals surface area contributed by atoms with E-state index in [1.54, 1.807) is 24.3 Å². The van der Waals surface area contributed by atoms with Crippen molar-refractivity contribution in [2.45, 2.75) is 13.0 Å². The maximum atomic E-state index is 11.8. The third kappa shape index (κ3) is 3.97. The van der Waals surface area contributed by atoms with Crippen LogP contribution in [0.15, 0.2) is 24.3 Å². The number of hydrogen-bond acceptors (Lipinski definition) is 5. The first-order valence-corrected chi connectivity index (χ1v) is 6.38. The molecule has 110 valence electrons. The summed E-state index contributed by atoms with van der Waals surface area (Å²) in [5, 5.41) is 0. The second kappa shape index (κ2) is 6.77. The molecule has 1 unspecified atom stereocenters. The monoisotopic (exact) mass is 289 g/mol. The number of esters is 1. The number of carbonyl (C=O) groups is 2. The minimum absolute atomic E-state index is 0.186. The Kier molecular flexibility index (Phi) is 4.80. The first kappa shape index (κ1) is 14.9. The van der Waals surface area contributed by atoms with Crippen molar-refractivity contribution in [3.05, 3.63) is 24.3 Å². The molecule has 6 heteroatoms. The molecule has 1 amide bonds. The molecule has 1 fully saturated rings. The quantitative estimate of drug-likeness (QED) is 0.356. The predicted octanol–water partition coefficient (Wildman–Crippen LogP) is 1.59. The summed E-state index contributed by atoms with van der Waals surface area (Å²) in [6.07, 6.45) is 4.29. The van der Waals surface area contributed by atoms with Crippen LogP contribution in [0.2, 0.25) is 0 Å². The summed E-state index contributed by atoms with van der Waals surface area (Å²) in [5.74, 6) is 2.38. The minimum Gasteiger partial charge on any atom is -0.441 e. The lowest BCUT2D eigenvalue weighted by Crippen LogP contribution is -2.25. The zero-order chi connectivity index (χ0) is 15.2. The highest BCUT2D eigenvalue weighted by Gasteiger charge is 2.32. The van der Waals surface area contributed by atoms with Gasteiger partial charge < -0.3 is 14.2 Å². The number of benzene rings is 1. The van der Waals surface area contributed by atoms with Crippen molar-refractivity contribution in [3.63, 3.8) is 0 Å². The molecule has 1 saturated heterocycles. The molecule has 1 aliphatic rings. The highest BCUT2D eigenvalue weighted by atomic mass is 16.6. The molecule has 6 nitrogen and oxygen atoms in total. The third-order valence-electron chi connectivity index (χ3n) is 2.77. The van der Waals surface area contributed by atoms with Crippen LogP contribution in [0.4, 0.5) is 10.5 Å². The molecule has 0 spiro atoms. The summed E-state index contributed by atoms with van der Waals surface area (Å²) < 4.78 is 15.3. The second-order valence-corrected chi connectivity index (χ2v) is 4.42. The average Bonchev–Trinajstić information content (AvgIpc) is 2.80. The molecule has 1 atom stereocenters. The van der Waals surface area contributed by atoms with Crippen LogP contribution >= 0.6 is 0 Å². The van der Waals surface area contributed by atoms with E-state index in [1.807, 2.05) is 0 Å². The molecule has 0 saturated carbocycles. The summed E-state index contributed by atoms with van der Waals surface area (Å²) in [6.45, 7) is 2.16. The predicted molar refractivity (Wildman–Crippen MR) is 75.0 cm³/mol. The molecule has 1 aromatic rings. The normalized spacial score (nSPS) is 17.2. The Hall–Kier alpha value is -2.52. The molecule has 2 rings (SSSR count). The summed E-state index contributed by atoms with van der Waals surface area (Å²) >= 11 is 0. The van der Waals surface area contributed by atoms with Gasteiger partial charge in [-0.15, -0.1) is 6.42 Å². The highest BCUT2D eigenvalue weighted by Crippen LogP contribution is 2.24. The van der Waals surface area contributed by atoms with E-state index in [2.05, 4.69) is 5.92 Å². The maximum absolute atomic E-state index is 11.8. The fourth-order valence-corrected chi connectivity index (χ4v) is 1.93. The Labute approximate surface area is 122 Å². The summed E-state index contributed by atoms with van der Waals surface area (Å²) in [7, 11) is 0. The number of terminal acetylenes is 1. The number of hydrogen-bond donors (Lipinski definition) is 0. The van der Waals surface area contributed by atoms with Crippen LogP contribution in [0.1, 0.15) is 6.92 Å². The lowest BCUT2D eigenvalue weighted by Gasteiger charge is -2.13. The van der Waals surface area contributed by atoms with Gasteiger partial charge in [-0.25, -0.2) is 4.79 Å². The molecule has 1 heterocycles. The molecule has 1 aromatic carbocycles. The number of rotatable bonds is 5. The van der Waals surface area contributed by atoms with Gasteiger partial charge in [0, 0.05) is 12.6 Å². The lowest BCUT2D eigenvalue weighted by atomic mass is 10.2. The van der Waals surface area contributed by atoms with Crippen LogP contribution in [0, 0.1) is 12.3 Å². The van der Waals surface area contributed by atoms with Gasteiger partial charge in [0.15, 0.2) is 0 Å². The number of amides is 1. The van der Waals surface area contributed by atoms with E-state index < -0.39 is 12.1 Å². The van der Waals surface area contributed by atoms with Crippen molar-refractivity contribution in [1.29, 1.82) is 0 Å². The fourth-order valence-electron chi connectivity index (χ4n) is 1.93. The van der Waals surface area contributed by atoms with Gasteiger partial charge in [-0.05, 0) is 24.3 Å². The standard InChI is InChI=1S/C15H15NO5/c1-3-8-19-10-14-9-16(15(18)21-14)12-4-6-13(7-5-12)20-11(2)17/h1,4-7,14H,8-10H2,2H3. The minimum atomic E-state index is -0.440. The molecule has 1 aliphatic heterocycles. The molecular weight excluding hydrogens is 274 g/mol. The Morgan fingerprint density at radius 2 is 2.19 bits per heavy atom. The van der Waals surface area contributed by atoms with Crippen molar-refractivity contribution in [3.8, 4) is 18.1 Å². The number of ether oxygens (including phenoxy) is 3. The van der Waals surface area contributed by atoms with Gasteiger partial charge in [0.2, 0.25) is 0 Å². The molecular formula is C15H15NO5. The van der Waals surface area contributed by atoms with Gasteiger partial charge in [0.05, 0.1) is 13.2 Å². The molecule has 0 bridgehead atoms. The van der Waals surface area contributed by atoms with Crippen molar-refractivity contribution in [1.82, 2.24) is 0 Å². The largest absolute Gasteiger partial charge is 0.441 e. The molecule has 0 N–H and O–H groups in total. The lowest BCUT2D eigenvalue weighted by molar-refractivity contribution is -0.131. The van der Waals surface area contributed by atoms with Gasteiger partial charge in [0.25, 0.3) is 0 Å². The van der Waals surface area contributed by atoms with Crippen molar-refractivity contribution >= 4 is 17.7 Å². The average molecular weight is 289 g/mol. The van der Waals surface area contributed by atoms with Crippen LogP contribution in [-0.2, 0) is 14.3 Å². The zero-order valence-corrected chi connectivity index (χ0v) is 11.6. The van der Waals surface area contributed by atoms with Gasteiger partial charge in [-0.3, -0.25) is 9.69 Å². The Morgan fingerprint density at radius 3 is 2.81 bits per heavy atom. The smallest absolute Gasteiger partial charge is 0.414 e. The molecule has 0 aromatic heterocycles. The molecule has 0 radical (unpaired) electrons. The number of anilines is 1. The first-order valence-electron chi connectivity index (χ1n) is 6.38. The number of cyclic esters (lactones) is 1. The number of carbonyl (C=O) groups excluding carboxylic acids is 2. The maximum Gasteiger partial charge on any atom is 0.414 e. The van der Waals surface area contributed by atoms with Gasteiger partial charge in [-0.1, -0.05) is 5.92 Å². The fraction of sp³-hybridized carbons (Fsp3) is 0.333. The van der Waals surface area contributed by atoms with E-state index >= 15 is 0 Å². The first-order chi connectivity index (χ1) is 10.1. The van der Waals surface area contributed by atoms with Crippen LogP contribution < -0.4 is 9.64 Å². The van der Waals surface area contributed by atoms with Crippen LogP contribution in [-0.4, -0.2) is 37.9 Å². The highest BCUT2D eigenvalue weighted by molar-refractivity contribution is 5.89. The van der Waals surface area contributed by atoms with Crippen molar-refractivity contribution in [2.24, 2.45) is 0 Å². The Balaban J connectivity index is 1.97. The van der Waals surface area contributed by atoms with E-state index in [0.29, 0.717) is 18.0 Å². The molecule has 21 heavy (non-hydrogen) atoms. The topological polar surface area (TPSA) is 65.1 Å².